The molecule has 0 aliphatic heterocycles. The topological polar surface area (TPSA) is 24.9 Å². The number of aryl methyl sites for hydroxylation is 1. The molecule has 0 aliphatic rings. The fourth-order valence-electron chi connectivity index (χ4n) is 2.33. The van der Waals surface area contributed by atoms with Crippen LogP contribution in [0.1, 0.15) is 56.2 Å². The number of thiazole rings is 1. The highest BCUT2D eigenvalue weighted by molar-refractivity contribution is 7.15. The summed E-state index contributed by atoms with van der Waals surface area (Å²) < 4.78 is 0. The van der Waals surface area contributed by atoms with Crippen molar-refractivity contribution in [2.45, 2.75) is 53.0 Å². The fraction of sp³-hybridized carbons (Fsp3) is 0.500. The molecule has 2 rings (SSSR count). The maximum Gasteiger partial charge on any atom is 0.123 e. The molecular weight excluding hydrogens is 276 g/mol. The van der Waals surface area contributed by atoms with Crippen molar-refractivity contribution in [3.63, 3.8) is 0 Å². The van der Waals surface area contributed by atoms with Gasteiger partial charge in [-0.05, 0) is 24.4 Å². The summed E-state index contributed by atoms with van der Waals surface area (Å²) in [5, 5.41) is 4.58. The Morgan fingerprint density at radius 3 is 2.43 bits per heavy atom. The van der Waals surface area contributed by atoms with Gasteiger partial charge in [-0.25, -0.2) is 4.98 Å². The van der Waals surface area contributed by atoms with Gasteiger partial charge in [0, 0.05) is 17.0 Å². The zero-order valence-corrected chi connectivity index (χ0v) is 14.4. The van der Waals surface area contributed by atoms with E-state index in [0.717, 1.165) is 30.9 Å². The molecule has 1 aromatic carbocycles. The van der Waals surface area contributed by atoms with E-state index in [1.165, 1.54) is 21.7 Å². The maximum absolute atomic E-state index is 4.88. The van der Waals surface area contributed by atoms with Gasteiger partial charge in [-0.3, -0.25) is 0 Å². The van der Waals surface area contributed by atoms with Crippen molar-refractivity contribution in [1.29, 1.82) is 0 Å². The molecular formula is C18H26N2S. The maximum atomic E-state index is 4.88. The minimum atomic E-state index is 0.579. The number of nitrogens with one attached hydrogen (secondary N) is 1. The Labute approximate surface area is 132 Å². The van der Waals surface area contributed by atoms with Gasteiger partial charge in [0.2, 0.25) is 0 Å². The summed E-state index contributed by atoms with van der Waals surface area (Å²) in [4.78, 5) is 6.27. The van der Waals surface area contributed by atoms with Crippen molar-refractivity contribution < 1.29 is 0 Å². The second kappa shape index (κ2) is 7.71. The monoisotopic (exact) mass is 302 g/mol. The lowest BCUT2D eigenvalue weighted by Crippen LogP contribution is -2.11. The summed E-state index contributed by atoms with van der Waals surface area (Å²) in [5.74, 6) is 0.579. The molecule has 0 saturated carbocycles. The first-order chi connectivity index (χ1) is 10.2. The van der Waals surface area contributed by atoms with Crippen LogP contribution in [0.2, 0.25) is 0 Å². The summed E-state index contributed by atoms with van der Waals surface area (Å²) in [6.07, 6.45) is 2.22. The summed E-state index contributed by atoms with van der Waals surface area (Å²) in [6.45, 7) is 10.8. The van der Waals surface area contributed by atoms with Gasteiger partial charge in [0.25, 0.3) is 0 Å². The molecule has 0 unspecified atom stereocenters. The summed E-state index contributed by atoms with van der Waals surface area (Å²) in [6, 6.07) is 8.87. The largest absolute Gasteiger partial charge is 0.312 e. The first-order valence-corrected chi connectivity index (χ1v) is 8.77. The van der Waals surface area contributed by atoms with Crippen LogP contribution in [0.4, 0.5) is 0 Å². The molecule has 0 amide bonds. The standard InChI is InChI=1S/C18H26N2S/c1-5-7-16-17(12-19-6-2)21-18(20-16)15-10-8-14(9-11-15)13(3)4/h8-11,13,19H,5-7,12H2,1-4H3. The van der Waals surface area contributed by atoms with Crippen LogP contribution in [-0.2, 0) is 13.0 Å². The number of rotatable bonds is 7. The van der Waals surface area contributed by atoms with Crippen molar-refractivity contribution in [3.05, 3.63) is 40.4 Å². The molecule has 1 heterocycles. The quantitative estimate of drug-likeness (QED) is 0.779. The van der Waals surface area contributed by atoms with Crippen LogP contribution >= 0.6 is 11.3 Å². The van der Waals surface area contributed by atoms with E-state index in [4.69, 9.17) is 4.98 Å². The predicted octanol–water partition coefficient (Wildman–Crippen LogP) is 5.00. The van der Waals surface area contributed by atoms with Crippen LogP contribution < -0.4 is 5.32 Å². The molecule has 2 nitrogen and oxygen atoms in total. The Kier molecular flexibility index (Phi) is 5.95. The van der Waals surface area contributed by atoms with E-state index in [-0.39, 0.29) is 0 Å². The molecule has 1 aromatic heterocycles. The van der Waals surface area contributed by atoms with E-state index in [1.54, 1.807) is 0 Å². The molecule has 0 saturated heterocycles. The van der Waals surface area contributed by atoms with Gasteiger partial charge in [0.05, 0.1) is 5.69 Å². The molecule has 3 heteroatoms. The van der Waals surface area contributed by atoms with E-state index in [0.29, 0.717) is 5.92 Å². The van der Waals surface area contributed by atoms with Crippen LogP contribution in [0, 0.1) is 0 Å². The number of hydrogen-bond acceptors (Lipinski definition) is 3. The molecule has 2 aromatic rings. The lowest BCUT2D eigenvalue weighted by Gasteiger charge is -2.05. The predicted molar refractivity (Wildman–Crippen MR) is 93.0 cm³/mol. The van der Waals surface area contributed by atoms with Crippen LogP contribution in [0.3, 0.4) is 0 Å². The molecule has 0 aliphatic carbocycles. The van der Waals surface area contributed by atoms with E-state index in [1.807, 2.05) is 11.3 Å². The molecule has 114 valence electrons. The number of aromatic nitrogens is 1. The Balaban J connectivity index is 2.26. The van der Waals surface area contributed by atoms with Crippen molar-refractivity contribution in [1.82, 2.24) is 10.3 Å². The van der Waals surface area contributed by atoms with Gasteiger partial charge in [0.15, 0.2) is 0 Å². The van der Waals surface area contributed by atoms with E-state index in [9.17, 15) is 0 Å². The minimum Gasteiger partial charge on any atom is -0.312 e. The minimum absolute atomic E-state index is 0.579. The third-order valence-corrected chi connectivity index (χ3v) is 4.77. The smallest absolute Gasteiger partial charge is 0.123 e. The molecule has 0 spiro atoms. The number of hydrogen-bond donors (Lipinski definition) is 1. The highest BCUT2D eigenvalue weighted by atomic mass is 32.1. The van der Waals surface area contributed by atoms with Crippen molar-refractivity contribution >= 4 is 11.3 Å². The van der Waals surface area contributed by atoms with Gasteiger partial charge in [-0.1, -0.05) is 58.4 Å². The Bertz CT molecular complexity index is 555. The SMILES string of the molecule is CCCc1nc(-c2ccc(C(C)C)cc2)sc1CNCC. The summed E-state index contributed by atoms with van der Waals surface area (Å²) in [7, 11) is 0. The first kappa shape index (κ1) is 16.2. The second-order valence-corrected chi connectivity index (χ2v) is 6.78. The summed E-state index contributed by atoms with van der Waals surface area (Å²) >= 11 is 1.83. The highest BCUT2D eigenvalue weighted by Crippen LogP contribution is 2.30. The van der Waals surface area contributed by atoms with Gasteiger partial charge < -0.3 is 5.32 Å². The molecule has 0 bridgehead atoms. The van der Waals surface area contributed by atoms with E-state index in [2.05, 4.69) is 57.3 Å². The number of nitrogens with zero attached hydrogens (tertiary/aromatic N) is 1. The Morgan fingerprint density at radius 1 is 1.14 bits per heavy atom. The zero-order chi connectivity index (χ0) is 15.2. The average Bonchev–Trinajstić information content (AvgIpc) is 2.88. The molecule has 0 radical (unpaired) electrons. The van der Waals surface area contributed by atoms with Crippen molar-refractivity contribution in [2.75, 3.05) is 6.54 Å². The van der Waals surface area contributed by atoms with Crippen molar-refractivity contribution in [2.24, 2.45) is 0 Å². The molecule has 21 heavy (non-hydrogen) atoms. The normalized spacial score (nSPS) is 11.3. The second-order valence-electron chi connectivity index (χ2n) is 5.70. The highest BCUT2D eigenvalue weighted by Gasteiger charge is 2.12. The van der Waals surface area contributed by atoms with Crippen LogP contribution in [0.25, 0.3) is 10.6 Å². The zero-order valence-electron chi connectivity index (χ0n) is 13.6. The third-order valence-electron chi connectivity index (χ3n) is 3.62. The van der Waals surface area contributed by atoms with Gasteiger partial charge in [-0.15, -0.1) is 11.3 Å². The molecule has 0 atom stereocenters. The van der Waals surface area contributed by atoms with E-state index < -0.39 is 0 Å². The van der Waals surface area contributed by atoms with Crippen LogP contribution in [-0.4, -0.2) is 11.5 Å². The molecule has 0 fully saturated rings. The fourth-order valence-corrected chi connectivity index (χ4v) is 3.41. The van der Waals surface area contributed by atoms with E-state index >= 15 is 0 Å². The average molecular weight is 302 g/mol. The van der Waals surface area contributed by atoms with Gasteiger partial charge in [0.1, 0.15) is 5.01 Å². The lowest BCUT2D eigenvalue weighted by atomic mass is 10.0. The van der Waals surface area contributed by atoms with Crippen LogP contribution in [0.5, 0.6) is 0 Å². The Morgan fingerprint density at radius 2 is 1.86 bits per heavy atom. The number of benzene rings is 1. The first-order valence-electron chi connectivity index (χ1n) is 7.95. The Hall–Kier alpha value is -1.19. The molecule has 1 N–H and O–H groups in total. The van der Waals surface area contributed by atoms with Crippen molar-refractivity contribution in [3.8, 4) is 10.6 Å². The van der Waals surface area contributed by atoms with Crippen LogP contribution in [0.15, 0.2) is 24.3 Å². The van der Waals surface area contributed by atoms with Gasteiger partial charge in [-0.2, -0.15) is 0 Å². The lowest BCUT2D eigenvalue weighted by molar-refractivity contribution is 0.723. The summed E-state index contributed by atoms with van der Waals surface area (Å²) in [5.41, 5.74) is 3.90. The van der Waals surface area contributed by atoms with Gasteiger partial charge >= 0.3 is 0 Å². The third kappa shape index (κ3) is 4.14.